The molecular weight excluding hydrogens is 168 g/mol. The van der Waals surface area contributed by atoms with Crippen molar-refractivity contribution in [2.45, 2.75) is 6.42 Å². The van der Waals surface area contributed by atoms with Gasteiger partial charge in [-0.3, -0.25) is 4.98 Å². The van der Waals surface area contributed by atoms with Crippen LogP contribution in [0.15, 0.2) is 24.5 Å². The molecule has 3 heteroatoms. The summed E-state index contributed by atoms with van der Waals surface area (Å²) in [5, 5.41) is 3.29. The predicted octanol–water partition coefficient (Wildman–Crippen LogP) is 1.14. The number of hydrogen-bond donors (Lipinski definition) is 2. The van der Waals surface area contributed by atoms with Crippen molar-refractivity contribution in [3.05, 3.63) is 30.1 Å². The number of rotatable bonds is 5. The first kappa shape index (κ1) is 9.55. The summed E-state index contributed by atoms with van der Waals surface area (Å²) in [6.45, 7) is 2.00. The van der Waals surface area contributed by atoms with E-state index in [1.54, 1.807) is 0 Å². The van der Waals surface area contributed by atoms with Crippen molar-refractivity contribution in [3.8, 4) is 0 Å². The molecule has 0 fully saturated rings. The van der Waals surface area contributed by atoms with E-state index < -0.39 is 0 Å². The Balaban J connectivity index is 2.16. The Morgan fingerprint density at radius 2 is 2.00 bits per heavy atom. The molecule has 0 aliphatic carbocycles. The highest BCUT2D eigenvalue weighted by Gasteiger charge is 1.89. The summed E-state index contributed by atoms with van der Waals surface area (Å²) in [7, 11) is 0. The average molecular weight is 182 g/mol. The second kappa shape index (κ2) is 6.03. The molecule has 0 aliphatic heterocycles. The van der Waals surface area contributed by atoms with Crippen molar-refractivity contribution in [1.82, 2.24) is 10.3 Å². The van der Waals surface area contributed by atoms with E-state index in [-0.39, 0.29) is 0 Å². The van der Waals surface area contributed by atoms with Crippen molar-refractivity contribution in [1.29, 1.82) is 0 Å². The van der Waals surface area contributed by atoms with Gasteiger partial charge < -0.3 is 5.32 Å². The summed E-state index contributed by atoms with van der Waals surface area (Å²) in [4.78, 5) is 3.96. The summed E-state index contributed by atoms with van der Waals surface area (Å²) in [5.41, 5.74) is 1.33. The zero-order valence-corrected chi connectivity index (χ0v) is 7.93. The van der Waals surface area contributed by atoms with E-state index in [2.05, 4.69) is 22.9 Å². The summed E-state index contributed by atoms with van der Waals surface area (Å²) in [5.74, 6) is 0.899. The van der Waals surface area contributed by atoms with Crippen LogP contribution in [0, 0.1) is 0 Å². The van der Waals surface area contributed by atoms with Crippen LogP contribution >= 0.6 is 12.6 Å². The van der Waals surface area contributed by atoms with Gasteiger partial charge in [0.1, 0.15) is 0 Å². The second-order valence-corrected chi connectivity index (χ2v) is 3.03. The minimum Gasteiger partial charge on any atom is -0.316 e. The molecule has 0 aromatic carbocycles. The lowest BCUT2D eigenvalue weighted by atomic mass is 10.2. The maximum absolute atomic E-state index is 4.11. The van der Waals surface area contributed by atoms with Crippen LogP contribution in [0.4, 0.5) is 0 Å². The van der Waals surface area contributed by atoms with E-state index in [4.69, 9.17) is 0 Å². The lowest BCUT2D eigenvalue weighted by Crippen LogP contribution is -2.19. The fraction of sp³-hybridized carbons (Fsp3) is 0.444. The maximum atomic E-state index is 4.11. The van der Waals surface area contributed by atoms with Crippen molar-refractivity contribution in [2.24, 2.45) is 0 Å². The Hall–Kier alpha value is -0.540. The van der Waals surface area contributed by atoms with E-state index in [1.807, 2.05) is 24.5 Å². The van der Waals surface area contributed by atoms with Gasteiger partial charge in [0.25, 0.3) is 0 Å². The van der Waals surface area contributed by atoms with Crippen LogP contribution in [0.1, 0.15) is 5.56 Å². The Labute approximate surface area is 78.8 Å². The summed E-state index contributed by atoms with van der Waals surface area (Å²) in [6.07, 6.45) is 4.72. The van der Waals surface area contributed by atoms with Crippen molar-refractivity contribution < 1.29 is 0 Å². The van der Waals surface area contributed by atoms with Gasteiger partial charge in [-0.25, -0.2) is 0 Å². The molecule has 1 N–H and O–H groups in total. The molecule has 66 valence electrons. The Bertz CT molecular complexity index is 201. The van der Waals surface area contributed by atoms with Gasteiger partial charge in [-0.2, -0.15) is 12.6 Å². The average Bonchev–Trinajstić information content (AvgIpc) is 2.14. The van der Waals surface area contributed by atoms with E-state index >= 15 is 0 Å². The van der Waals surface area contributed by atoms with Gasteiger partial charge >= 0.3 is 0 Å². The molecule has 0 saturated carbocycles. The molecule has 0 saturated heterocycles. The highest BCUT2D eigenvalue weighted by atomic mass is 32.1. The second-order valence-electron chi connectivity index (χ2n) is 2.58. The lowest BCUT2D eigenvalue weighted by Gasteiger charge is -2.01. The number of nitrogens with zero attached hydrogens (tertiary/aromatic N) is 1. The van der Waals surface area contributed by atoms with Crippen LogP contribution in [-0.2, 0) is 6.42 Å². The fourth-order valence-electron chi connectivity index (χ4n) is 0.986. The third kappa shape index (κ3) is 3.74. The van der Waals surface area contributed by atoms with E-state index in [9.17, 15) is 0 Å². The van der Waals surface area contributed by atoms with Gasteiger partial charge in [0.05, 0.1) is 0 Å². The normalized spacial score (nSPS) is 10.1. The van der Waals surface area contributed by atoms with E-state index in [0.29, 0.717) is 0 Å². The standard InChI is InChI=1S/C9H14N2S/c12-8-7-11-6-3-9-1-4-10-5-2-9/h1-2,4-5,11-12H,3,6-8H2. The Kier molecular flexibility index (Phi) is 4.80. The number of aromatic nitrogens is 1. The zero-order chi connectivity index (χ0) is 8.65. The summed E-state index contributed by atoms with van der Waals surface area (Å²) >= 11 is 4.11. The summed E-state index contributed by atoms with van der Waals surface area (Å²) in [6, 6.07) is 4.09. The molecule has 1 aromatic heterocycles. The molecule has 0 aliphatic rings. The van der Waals surface area contributed by atoms with Crippen LogP contribution in [0.25, 0.3) is 0 Å². The van der Waals surface area contributed by atoms with Gasteiger partial charge in [0.15, 0.2) is 0 Å². The van der Waals surface area contributed by atoms with Crippen LogP contribution in [0.2, 0.25) is 0 Å². The molecule has 0 bridgehead atoms. The maximum Gasteiger partial charge on any atom is 0.0270 e. The largest absolute Gasteiger partial charge is 0.316 e. The van der Waals surface area contributed by atoms with Crippen molar-refractivity contribution in [3.63, 3.8) is 0 Å². The highest BCUT2D eigenvalue weighted by molar-refractivity contribution is 7.80. The molecule has 0 atom stereocenters. The molecule has 2 nitrogen and oxygen atoms in total. The van der Waals surface area contributed by atoms with Crippen LogP contribution in [0.5, 0.6) is 0 Å². The number of nitrogens with one attached hydrogen (secondary N) is 1. The first-order valence-corrected chi connectivity index (χ1v) is 4.77. The third-order valence-corrected chi connectivity index (χ3v) is 1.85. The molecule has 12 heavy (non-hydrogen) atoms. The quantitative estimate of drug-likeness (QED) is 0.527. The highest BCUT2D eigenvalue weighted by Crippen LogP contribution is 1.95. The zero-order valence-electron chi connectivity index (χ0n) is 7.03. The lowest BCUT2D eigenvalue weighted by molar-refractivity contribution is 0.721. The molecule has 0 spiro atoms. The molecule has 1 heterocycles. The molecular formula is C9H14N2S. The smallest absolute Gasteiger partial charge is 0.0270 e. The number of thiol groups is 1. The molecule has 0 amide bonds. The van der Waals surface area contributed by atoms with Gasteiger partial charge in [0, 0.05) is 24.7 Å². The van der Waals surface area contributed by atoms with E-state index in [0.717, 1.165) is 25.3 Å². The van der Waals surface area contributed by atoms with Gasteiger partial charge in [-0.05, 0) is 30.7 Å². The number of hydrogen-bond acceptors (Lipinski definition) is 3. The van der Waals surface area contributed by atoms with Crippen LogP contribution in [0.3, 0.4) is 0 Å². The molecule has 0 radical (unpaired) electrons. The third-order valence-electron chi connectivity index (χ3n) is 1.63. The Morgan fingerprint density at radius 1 is 1.25 bits per heavy atom. The van der Waals surface area contributed by atoms with Crippen LogP contribution < -0.4 is 5.32 Å². The van der Waals surface area contributed by atoms with Gasteiger partial charge in [-0.15, -0.1) is 0 Å². The first-order valence-electron chi connectivity index (χ1n) is 4.14. The fourth-order valence-corrected chi connectivity index (χ4v) is 1.14. The Morgan fingerprint density at radius 3 is 2.67 bits per heavy atom. The SMILES string of the molecule is SCCNCCc1ccncc1. The van der Waals surface area contributed by atoms with Crippen LogP contribution in [-0.4, -0.2) is 23.8 Å². The van der Waals surface area contributed by atoms with Gasteiger partial charge in [0.2, 0.25) is 0 Å². The molecule has 1 rings (SSSR count). The summed E-state index contributed by atoms with van der Waals surface area (Å²) < 4.78 is 0. The number of pyridine rings is 1. The first-order chi connectivity index (χ1) is 5.93. The monoisotopic (exact) mass is 182 g/mol. The van der Waals surface area contributed by atoms with Crippen molar-refractivity contribution in [2.75, 3.05) is 18.8 Å². The van der Waals surface area contributed by atoms with E-state index in [1.165, 1.54) is 5.56 Å². The molecule has 1 aromatic rings. The van der Waals surface area contributed by atoms with Crippen molar-refractivity contribution >= 4 is 12.6 Å². The predicted molar refractivity (Wildman–Crippen MR) is 54.7 cm³/mol. The molecule has 0 unspecified atom stereocenters. The minimum atomic E-state index is 0.899. The van der Waals surface area contributed by atoms with Gasteiger partial charge in [-0.1, -0.05) is 0 Å². The topological polar surface area (TPSA) is 24.9 Å². The minimum absolute atomic E-state index is 0.899.